The Balaban J connectivity index is 1.89. The van der Waals surface area contributed by atoms with Gasteiger partial charge in [0.25, 0.3) is 5.56 Å². The second-order valence-electron chi connectivity index (χ2n) is 5.60. The van der Waals surface area contributed by atoms with Crippen LogP contribution in [0.1, 0.15) is 5.69 Å². The van der Waals surface area contributed by atoms with E-state index < -0.39 is 0 Å². The van der Waals surface area contributed by atoms with E-state index in [9.17, 15) is 9.90 Å². The molecule has 0 bridgehead atoms. The normalized spacial score (nSPS) is 14.0. The van der Waals surface area contributed by atoms with Gasteiger partial charge in [0.05, 0.1) is 22.9 Å². The van der Waals surface area contributed by atoms with E-state index >= 15 is 0 Å². The Hall–Kier alpha value is -3.61. The SMILES string of the molecule is Cn1cnc2ccc(N3C=CNC(O)=C3c3ccccn3)cc2c1=O. The molecule has 7 nitrogen and oxygen atoms in total. The highest BCUT2D eigenvalue weighted by Gasteiger charge is 2.21. The molecule has 0 saturated carbocycles. The van der Waals surface area contributed by atoms with Crippen molar-refractivity contribution < 1.29 is 5.11 Å². The summed E-state index contributed by atoms with van der Waals surface area (Å²) in [5, 5.41) is 13.6. The zero-order valence-electron chi connectivity index (χ0n) is 13.4. The highest BCUT2D eigenvalue weighted by atomic mass is 16.3. The first-order valence-corrected chi connectivity index (χ1v) is 7.67. The number of rotatable bonds is 2. The van der Waals surface area contributed by atoms with Crippen molar-refractivity contribution in [1.29, 1.82) is 0 Å². The molecule has 0 amide bonds. The summed E-state index contributed by atoms with van der Waals surface area (Å²) in [7, 11) is 1.66. The molecule has 0 unspecified atom stereocenters. The lowest BCUT2D eigenvalue weighted by Gasteiger charge is -2.27. The van der Waals surface area contributed by atoms with Crippen molar-refractivity contribution in [2.75, 3.05) is 4.90 Å². The van der Waals surface area contributed by atoms with Crippen molar-refractivity contribution in [2.45, 2.75) is 0 Å². The molecule has 124 valence electrons. The van der Waals surface area contributed by atoms with Crippen LogP contribution in [-0.4, -0.2) is 19.6 Å². The summed E-state index contributed by atoms with van der Waals surface area (Å²) in [6, 6.07) is 10.9. The van der Waals surface area contributed by atoms with Crippen LogP contribution < -0.4 is 15.8 Å². The molecule has 3 heterocycles. The Morgan fingerprint density at radius 3 is 2.84 bits per heavy atom. The Morgan fingerprint density at radius 2 is 2.04 bits per heavy atom. The van der Waals surface area contributed by atoms with Gasteiger partial charge in [-0.3, -0.25) is 9.78 Å². The lowest BCUT2D eigenvalue weighted by atomic mass is 10.1. The molecule has 0 atom stereocenters. The topological polar surface area (TPSA) is 83.3 Å². The number of fused-ring (bicyclic) bond motifs is 1. The first kappa shape index (κ1) is 14.9. The van der Waals surface area contributed by atoms with Gasteiger partial charge in [0, 0.05) is 31.3 Å². The van der Waals surface area contributed by atoms with Crippen LogP contribution in [0.5, 0.6) is 0 Å². The second kappa shape index (κ2) is 5.79. The maximum Gasteiger partial charge on any atom is 0.260 e. The number of aliphatic hydroxyl groups is 1. The minimum absolute atomic E-state index is 0.0135. The van der Waals surface area contributed by atoms with E-state index in [0.29, 0.717) is 22.3 Å². The van der Waals surface area contributed by atoms with E-state index in [2.05, 4.69) is 15.3 Å². The van der Waals surface area contributed by atoms with E-state index in [0.717, 1.165) is 5.69 Å². The molecule has 0 radical (unpaired) electrons. The summed E-state index contributed by atoms with van der Waals surface area (Å²) in [6.07, 6.45) is 6.55. The number of aromatic nitrogens is 3. The number of pyridine rings is 1. The summed E-state index contributed by atoms with van der Waals surface area (Å²) in [6.45, 7) is 0. The third kappa shape index (κ3) is 2.51. The Labute approximate surface area is 143 Å². The number of hydrogen-bond acceptors (Lipinski definition) is 6. The van der Waals surface area contributed by atoms with Gasteiger partial charge in [0.1, 0.15) is 5.70 Å². The maximum absolute atomic E-state index is 12.4. The van der Waals surface area contributed by atoms with Crippen molar-refractivity contribution in [1.82, 2.24) is 19.9 Å². The molecule has 1 aliphatic rings. The van der Waals surface area contributed by atoms with Gasteiger partial charge in [-0.25, -0.2) is 4.98 Å². The van der Waals surface area contributed by atoms with Crippen LogP contribution in [0.15, 0.2) is 72.0 Å². The van der Waals surface area contributed by atoms with Crippen LogP contribution in [0, 0.1) is 0 Å². The lowest BCUT2D eigenvalue weighted by Crippen LogP contribution is -2.26. The summed E-state index contributed by atoms with van der Waals surface area (Å²) < 4.78 is 1.44. The fourth-order valence-electron chi connectivity index (χ4n) is 2.76. The second-order valence-corrected chi connectivity index (χ2v) is 5.60. The monoisotopic (exact) mass is 333 g/mol. The molecule has 0 aliphatic carbocycles. The molecule has 0 saturated heterocycles. The third-order valence-electron chi connectivity index (χ3n) is 4.00. The van der Waals surface area contributed by atoms with Crippen molar-refractivity contribution in [3.63, 3.8) is 0 Å². The number of nitrogens with zero attached hydrogens (tertiary/aromatic N) is 4. The van der Waals surface area contributed by atoms with Gasteiger partial charge in [-0.1, -0.05) is 6.07 Å². The van der Waals surface area contributed by atoms with E-state index in [4.69, 9.17) is 0 Å². The zero-order chi connectivity index (χ0) is 17.4. The smallest absolute Gasteiger partial charge is 0.260 e. The first-order valence-electron chi connectivity index (χ1n) is 7.67. The average molecular weight is 333 g/mol. The molecule has 25 heavy (non-hydrogen) atoms. The number of aryl methyl sites for hydroxylation is 1. The van der Waals surface area contributed by atoms with Crippen LogP contribution in [-0.2, 0) is 7.05 Å². The predicted molar refractivity (Wildman–Crippen MR) is 95.5 cm³/mol. The highest BCUT2D eigenvalue weighted by molar-refractivity contribution is 5.88. The van der Waals surface area contributed by atoms with Gasteiger partial charge >= 0.3 is 0 Å². The van der Waals surface area contributed by atoms with Gasteiger partial charge in [-0.2, -0.15) is 0 Å². The predicted octanol–water partition coefficient (Wildman–Crippen LogP) is 2.09. The Bertz CT molecular complexity index is 1070. The van der Waals surface area contributed by atoms with Gasteiger partial charge in [-0.15, -0.1) is 0 Å². The molecule has 3 aromatic rings. The van der Waals surface area contributed by atoms with E-state index in [1.807, 2.05) is 18.2 Å². The number of benzene rings is 1. The molecule has 2 N–H and O–H groups in total. The van der Waals surface area contributed by atoms with Crippen LogP contribution in [0.3, 0.4) is 0 Å². The molecular formula is C18H15N5O2. The van der Waals surface area contributed by atoms with Gasteiger partial charge in [0.2, 0.25) is 5.88 Å². The van der Waals surface area contributed by atoms with Crippen LogP contribution in [0.4, 0.5) is 5.69 Å². The lowest BCUT2D eigenvalue weighted by molar-refractivity contribution is 0.382. The number of nitrogens with one attached hydrogen (secondary N) is 1. The molecule has 0 spiro atoms. The summed E-state index contributed by atoms with van der Waals surface area (Å²) in [4.78, 5) is 22.7. The van der Waals surface area contributed by atoms with E-state index in [1.54, 1.807) is 48.7 Å². The van der Waals surface area contributed by atoms with Crippen molar-refractivity contribution in [2.24, 2.45) is 7.05 Å². The van der Waals surface area contributed by atoms with Crippen LogP contribution in [0.2, 0.25) is 0 Å². The molecule has 2 aromatic heterocycles. The maximum atomic E-state index is 12.4. The minimum Gasteiger partial charge on any atom is -0.493 e. The molecular weight excluding hydrogens is 318 g/mol. The van der Waals surface area contributed by atoms with E-state index in [1.165, 1.54) is 10.9 Å². The molecule has 0 fully saturated rings. The fourth-order valence-corrected chi connectivity index (χ4v) is 2.76. The number of aliphatic hydroxyl groups excluding tert-OH is 1. The first-order chi connectivity index (χ1) is 12.1. The standard InChI is InChI=1S/C18H15N5O2/c1-22-11-21-14-6-5-12(10-13(14)18(22)25)23-9-8-20-17(24)16(23)15-4-2-3-7-19-15/h2-11,20,24H,1H3. The molecule has 1 aliphatic heterocycles. The molecule has 4 rings (SSSR count). The van der Waals surface area contributed by atoms with Crippen LogP contribution in [0.25, 0.3) is 16.6 Å². The third-order valence-corrected chi connectivity index (χ3v) is 4.00. The minimum atomic E-state index is -0.126. The largest absolute Gasteiger partial charge is 0.493 e. The van der Waals surface area contributed by atoms with Crippen molar-refractivity contribution in [3.8, 4) is 0 Å². The zero-order valence-corrected chi connectivity index (χ0v) is 13.4. The fraction of sp³-hybridized carbons (Fsp3) is 0.0556. The van der Waals surface area contributed by atoms with Crippen LogP contribution >= 0.6 is 0 Å². The van der Waals surface area contributed by atoms with Gasteiger partial charge in [0.15, 0.2) is 0 Å². The molecule has 1 aromatic carbocycles. The van der Waals surface area contributed by atoms with Gasteiger partial charge in [-0.05, 0) is 30.3 Å². The Kier molecular flexibility index (Phi) is 3.46. The van der Waals surface area contributed by atoms with Crippen molar-refractivity contribution >= 4 is 22.3 Å². The summed E-state index contributed by atoms with van der Waals surface area (Å²) in [5.41, 5.74) is 2.33. The molecule has 7 heteroatoms. The number of anilines is 1. The van der Waals surface area contributed by atoms with Gasteiger partial charge < -0.3 is 19.9 Å². The number of hydrogen-bond donors (Lipinski definition) is 2. The quantitative estimate of drug-likeness (QED) is 0.747. The highest BCUT2D eigenvalue weighted by Crippen LogP contribution is 2.30. The summed E-state index contributed by atoms with van der Waals surface area (Å²) in [5.74, 6) is -0.0135. The average Bonchev–Trinajstić information content (AvgIpc) is 2.65. The Morgan fingerprint density at radius 1 is 1.16 bits per heavy atom. The van der Waals surface area contributed by atoms with Crippen molar-refractivity contribution in [3.05, 3.63) is 83.3 Å². The summed E-state index contributed by atoms with van der Waals surface area (Å²) >= 11 is 0. The van der Waals surface area contributed by atoms with E-state index in [-0.39, 0.29) is 11.4 Å².